The average Bonchev–Trinajstić information content (AvgIpc) is 2.79. The summed E-state index contributed by atoms with van der Waals surface area (Å²) in [6.45, 7) is 3.11. The van der Waals surface area contributed by atoms with Gasteiger partial charge in [0, 0.05) is 31.5 Å². The third-order valence-electron chi connectivity index (χ3n) is 4.83. The van der Waals surface area contributed by atoms with Crippen molar-refractivity contribution < 1.29 is 9.53 Å². The van der Waals surface area contributed by atoms with E-state index in [9.17, 15) is 4.79 Å². The highest BCUT2D eigenvalue weighted by Crippen LogP contribution is 2.27. The van der Waals surface area contributed by atoms with Crippen LogP contribution >= 0.6 is 0 Å². The number of para-hydroxylation sites is 1. The zero-order chi connectivity index (χ0) is 19.2. The molecule has 3 aromatic rings. The van der Waals surface area contributed by atoms with Crippen molar-refractivity contribution in [3.05, 3.63) is 90.3 Å². The predicted molar refractivity (Wildman–Crippen MR) is 110 cm³/mol. The minimum atomic E-state index is 0.00497. The van der Waals surface area contributed by atoms with Crippen LogP contribution in [0.15, 0.2) is 79.1 Å². The molecule has 1 aliphatic rings. The van der Waals surface area contributed by atoms with Crippen LogP contribution in [0.25, 0.3) is 0 Å². The highest BCUT2D eigenvalue weighted by molar-refractivity contribution is 5.95. The summed E-state index contributed by atoms with van der Waals surface area (Å²) < 4.78 is 5.35. The maximum atomic E-state index is 12.9. The number of hydrogen-bond acceptors (Lipinski definition) is 4. The van der Waals surface area contributed by atoms with Gasteiger partial charge in [-0.1, -0.05) is 48.5 Å². The molecule has 5 heteroatoms. The number of hydrogen-bond donors (Lipinski definition) is 0. The SMILES string of the molecule is O=C(c1cncc(N(Cc2ccccc2)c2ccccc2)c1)N1CCOCC1. The molecule has 2 aromatic carbocycles. The first-order chi connectivity index (χ1) is 13.8. The summed E-state index contributed by atoms with van der Waals surface area (Å²) in [5.41, 5.74) is 3.75. The molecular formula is C23H23N3O2. The lowest BCUT2D eigenvalue weighted by atomic mass is 10.1. The quantitative estimate of drug-likeness (QED) is 0.681. The Morgan fingerprint density at radius 1 is 0.929 bits per heavy atom. The third-order valence-corrected chi connectivity index (χ3v) is 4.83. The van der Waals surface area contributed by atoms with Crippen LogP contribution in [0.5, 0.6) is 0 Å². The van der Waals surface area contributed by atoms with Gasteiger partial charge in [0.25, 0.3) is 5.91 Å². The van der Waals surface area contributed by atoms with Gasteiger partial charge in [0.15, 0.2) is 0 Å². The minimum Gasteiger partial charge on any atom is -0.378 e. The van der Waals surface area contributed by atoms with Crippen LogP contribution in [-0.4, -0.2) is 42.1 Å². The highest BCUT2D eigenvalue weighted by atomic mass is 16.5. The number of ether oxygens (including phenoxy) is 1. The van der Waals surface area contributed by atoms with Gasteiger partial charge >= 0.3 is 0 Å². The number of pyridine rings is 1. The molecule has 1 saturated heterocycles. The highest BCUT2D eigenvalue weighted by Gasteiger charge is 2.20. The molecular weight excluding hydrogens is 350 g/mol. The number of carbonyl (C=O) groups is 1. The van der Waals surface area contributed by atoms with Crippen LogP contribution in [0.2, 0.25) is 0 Å². The lowest BCUT2D eigenvalue weighted by molar-refractivity contribution is 0.0302. The van der Waals surface area contributed by atoms with Gasteiger partial charge in [-0.2, -0.15) is 0 Å². The van der Waals surface area contributed by atoms with Crippen LogP contribution in [-0.2, 0) is 11.3 Å². The average molecular weight is 373 g/mol. The van der Waals surface area contributed by atoms with E-state index in [0.717, 1.165) is 11.4 Å². The van der Waals surface area contributed by atoms with Crippen molar-refractivity contribution in [2.24, 2.45) is 0 Å². The number of benzene rings is 2. The summed E-state index contributed by atoms with van der Waals surface area (Å²) in [6.07, 6.45) is 3.46. The monoisotopic (exact) mass is 373 g/mol. The van der Waals surface area contributed by atoms with Crippen LogP contribution < -0.4 is 4.90 Å². The minimum absolute atomic E-state index is 0.00497. The molecule has 0 N–H and O–H groups in total. The maximum Gasteiger partial charge on any atom is 0.255 e. The Kier molecular flexibility index (Phi) is 5.64. The number of rotatable bonds is 5. The maximum absolute atomic E-state index is 12.9. The lowest BCUT2D eigenvalue weighted by Gasteiger charge is -2.28. The summed E-state index contributed by atoms with van der Waals surface area (Å²) in [4.78, 5) is 21.3. The van der Waals surface area contributed by atoms with E-state index in [4.69, 9.17) is 4.74 Å². The van der Waals surface area contributed by atoms with Gasteiger partial charge in [-0.15, -0.1) is 0 Å². The first-order valence-electron chi connectivity index (χ1n) is 9.50. The third kappa shape index (κ3) is 4.21. The van der Waals surface area contributed by atoms with E-state index in [0.29, 0.717) is 38.4 Å². The molecule has 0 atom stereocenters. The van der Waals surface area contributed by atoms with E-state index >= 15 is 0 Å². The number of carbonyl (C=O) groups excluding carboxylic acids is 1. The van der Waals surface area contributed by atoms with Gasteiger partial charge in [0.1, 0.15) is 0 Å². The number of nitrogens with zero attached hydrogens (tertiary/aromatic N) is 3. The molecule has 5 nitrogen and oxygen atoms in total. The van der Waals surface area contributed by atoms with Crippen molar-refractivity contribution in [3.8, 4) is 0 Å². The molecule has 28 heavy (non-hydrogen) atoms. The Morgan fingerprint density at radius 3 is 2.32 bits per heavy atom. The Bertz CT molecular complexity index is 909. The van der Waals surface area contributed by atoms with Crippen LogP contribution in [0.4, 0.5) is 11.4 Å². The number of amides is 1. The van der Waals surface area contributed by atoms with E-state index in [1.807, 2.05) is 53.6 Å². The van der Waals surface area contributed by atoms with E-state index in [2.05, 4.69) is 34.1 Å². The van der Waals surface area contributed by atoms with Crippen molar-refractivity contribution in [1.29, 1.82) is 0 Å². The van der Waals surface area contributed by atoms with Gasteiger partial charge in [-0.3, -0.25) is 9.78 Å². The molecule has 0 bridgehead atoms. The molecule has 1 aromatic heterocycles. The second-order valence-corrected chi connectivity index (χ2v) is 6.74. The molecule has 4 rings (SSSR count). The van der Waals surface area contributed by atoms with Gasteiger partial charge in [0.05, 0.1) is 30.7 Å². The lowest BCUT2D eigenvalue weighted by Crippen LogP contribution is -2.40. The van der Waals surface area contributed by atoms with Crippen LogP contribution in [0.3, 0.4) is 0 Å². The Morgan fingerprint density at radius 2 is 1.61 bits per heavy atom. The topological polar surface area (TPSA) is 45.7 Å². The molecule has 0 aliphatic carbocycles. The van der Waals surface area contributed by atoms with E-state index in [1.165, 1.54) is 5.56 Å². The molecule has 0 radical (unpaired) electrons. The molecule has 142 valence electrons. The fourth-order valence-electron chi connectivity index (χ4n) is 3.35. The molecule has 2 heterocycles. The summed E-state index contributed by atoms with van der Waals surface area (Å²) in [6, 6.07) is 22.4. The molecule has 1 fully saturated rings. The van der Waals surface area contributed by atoms with Gasteiger partial charge in [0.2, 0.25) is 0 Å². The number of aromatic nitrogens is 1. The molecule has 0 saturated carbocycles. The van der Waals surface area contributed by atoms with Gasteiger partial charge < -0.3 is 14.5 Å². The summed E-state index contributed by atoms with van der Waals surface area (Å²) in [7, 11) is 0. The second-order valence-electron chi connectivity index (χ2n) is 6.74. The molecule has 0 unspecified atom stereocenters. The normalized spacial score (nSPS) is 13.9. The Hall–Kier alpha value is -3.18. The summed E-state index contributed by atoms with van der Waals surface area (Å²) in [5, 5.41) is 0. The Labute approximate surface area is 165 Å². The second kappa shape index (κ2) is 8.67. The number of morpholine rings is 1. The smallest absolute Gasteiger partial charge is 0.255 e. The summed E-state index contributed by atoms with van der Waals surface area (Å²) >= 11 is 0. The van der Waals surface area contributed by atoms with Crippen LogP contribution in [0.1, 0.15) is 15.9 Å². The standard InChI is InChI=1S/C23H23N3O2/c27-23(25-11-13-28-14-12-25)20-15-22(17-24-16-20)26(21-9-5-2-6-10-21)18-19-7-3-1-4-8-19/h1-10,15-17H,11-14,18H2. The zero-order valence-corrected chi connectivity index (χ0v) is 15.7. The van der Waals surface area contributed by atoms with Gasteiger partial charge in [-0.25, -0.2) is 0 Å². The first kappa shape index (κ1) is 18.2. The molecule has 0 spiro atoms. The predicted octanol–water partition coefficient (Wildman–Crippen LogP) is 3.89. The molecule has 1 amide bonds. The van der Waals surface area contributed by atoms with E-state index in [1.54, 1.807) is 6.20 Å². The van der Waals surface area contributed by atoms with Gasteiger partial charge in [-0.05, 0) is 23.8 Å². The number of anilines is 2. The van der Waals surface area contributed by atoms with Crippen molar-refractivity contribution in [2.75, 3.05) is 31.2 Å². The zero-order valence-electron chi connectivity index (χ0n) is 15.7. The fraction of sp³-hybridized carbons (Fsp3) is 0.217. The Balaban J connectivity index is 1.65. The van der Waals surface area contributed by atoms with Crippen molar-refractivity contribution in [2.45, 2.75) is 6.54 Å². The van der Waals surface area contributed by atoms with Crippen LogP contribution in [0, 0.1) is 0 Å². The largest absolute Gasteiger partial charge is 0.378 e. The first-order valence-corrected chi connectivity index (χ1v) is 9.50. The van der Waals surface area contributed by atoms with E-state index < -0.39 is 0 Å². The fourth-order valence-corrected chi connectivity index (χ4v) is 3.35. The van der Waals surface area contributed by atoms with E-state index in [-0.39, 0.29) is 5.91 Å². The van der Waals surface area contributed by atoms with Crippen molar-refractivity contribution in [1.82, 2.24) is 9.88 Å². The van der Waals surface area contributed by atoms with Crippen molar-refractivity contribution in [3.63, 3.8) is 0 Å². The van der Waals surface area contributed by atoms with Crippen molar-refractivity contribution >= 4 is 17.3 Å². The summed E-state index contributed by atoms with van der Waals surface area (Å²) in [5.74, 6) is 0.00497. The molecule has 1 aliphatic heterocycles.